The van der Waals surface area contributed by atoms with E-state index in [2.05, 4.69) is 34.5 Å². The first-order valence-electron chi connectivity index (χ1n) is 7.20. The normalized spacial score (nSPS) is 21.0. The summed E-state index contributed by atoms with van der Waals surface area (Å²) in [6.07, 6.45) is 2.47. The number of thiophene rings is 1. The maximum atomic E-state index is 6.03. The number of hydrogen-bond acceptors (Lipinski definition) is 5. The van der Waals surface area contributed by atoms with Crippen LogP contribution in [0.3, 0.4) is 0 Å². The summed E-state index contributed by atoms with van der Waals surface area (Å²) in [6, 6.07) is 6.42. The molecule has 3 rings (SSSR count). The molecule has 0 aromatic carbocycles. The van der Waals surface area contributed by atoms with Crippen LogP contribution in [0.4, 0.5) is 0 Å². The van der Waals surface area contributed by atoms with Crippen LogP contribution in [0.5, 0.6) is 0 Å². The van der Waals surface area contributed by atoms with Gasteiger partial charge >= 0.3 is 0 Å². The molecule has 0 saturated carbocycles. The van der Waals surface area contributed by atoms with Crippen LogP contribution >= 0.6 is 23.7 Å². The van der Waals surface area contributed by atoms with Crippen molar-refractivity contribution in [2.45, 2.75) is 32.4 Å². The van der Waals surface area contributed by atoms with Crippen molar-refractivity contribution in [1.82, 2.24) is 10.1 Å². The van der Waals surface area contributed by atoms with Crippen molar-refractivity contribution in [2.75, 3.05) is 13.1 Å². The van der Waals surface area contributed by atoms with Crippen molar-refractivity contribution >= 4 is 23.7 Å². The molecule has 0 amide bonds. The molecule has 0 spiro atoms. The number of nitrogens with two attached hydrogens (primary N) is 1. The third-order valence-electron chi connectivity index (χ3n) is 3.99. The van der Waals surface area contributed by atoms with E-state index in [1.165, 1.54) is 12.8 Å². The van der Waals surface area contributed by atoms with E-state index >= 15 is 0 Å². The molecule has 2 N–H and O–H groups in total. The van der Waals surface area contributed by atoms with E-state index in [0.717, 1.165) is 36.0 Å². The summed E-state index contributed by atoms with van der Waals surface area (Å²) in [5.41, 5.74) is 7.04. The van der Waals surface area contributed by atoms with Crippen molar-refractivity contribution in [2.24, 2.45) is 11.7 Å². The molecule has 0 aliphatic carbocycles. The van der Waals surface area contributed by atoms with Gasteiger partial charge in [0.25, 0.3) is 0 Å². The first-order chi connectivity index (χ1) is 9.72. The van der Waals surface area contributed by atoms with Gasteiger partial charge in [0.1, 0.15) is 0 Å². The predicted octanol–water partition coefficient (Wildman–Crippen LogP) is 3.38. The Morgan fingerprint density at radius 2 is 2.43 bits per heavy atom. The molecule has 2 atom stereocenters. The van der Waals surface area contributed by atoms with Crippen LogP contribution < -0.4 is 5.73 Å². The minimum Gasteiger partial charge on any atom is -0.355 e. The van der Waals surface area contributed by atoms with Gasteiger partial charge < -0.3 is 10.3 Å². The van der Waals surface area contributed by atoms with Gasteiger partial charge in [0.2, 0.25) is 0 Å². The monoisotopic (exact) mass is 327 g/mol. The van der Waals surface area contributed by atoms with E-state index in [4.69, 9.17) is 10.3 Å². The summed E-state index contributed by atoms with van der Waals surface area (Å²) in [4.78, 5) is 3.57. The van der Waals surface area contributed by atoms with E-state index in [1.54, 1.807) is 11.3 Å². The number of aromatic nitrogens is 1. The minimum absolute atomic E-state index is 0. The van der Waals surface area contributed by atoms with Gasteiger partial charge in [-0.2, -0.15) is 0 Å². The molecule has 1 aliphatic heterocycles. The zero-order valence-corrected chi connectivity index (χ0v) is 13.8. The summed E-state index contributed by atoms with van der Waals surface area (Å²) in [5.74, 6) is 1.48. The van der Waals surface area contributed by atoms with Gasteiger partial charge in [-0.05, 0) is 43.7 Å². The van der Waals surface area contributed by atoms with Gasteiger partial charge in [-0.25, -0.2) is 0 Å². The van der Waals surface area contributed by atoms with Gasteiger partial charge in [-0.1, -0.05) is 11.2 Å². The lowest BCUT2D eigenvalue weighted by atomic mass is 9.92. The molecule has 21 heavy (non-hydrogen) atoms. The third-order valence-corrected chi connectivity index (χ3v) is 4.88. The summed E-state index contributed by atoms with van der Waals surface area (Å²) in [6.45, 7) is 5.17. The second-order valence-electron chi connectivity index (χ2n) is 5.66. The molecule has 1 fully saturated rings. The largest absolute Gasteiger partial charge is 0.355 e. The first-order valence-corrected chi connectivity index (χ1v) is 8.08. The minimum atomic E-state index is 0. The molecule has 2 aromatic rings. The number of rotatable bonds is 4. The van der Waals surface area contributed by atoms with Gasteiger partial charge in [-0.3, -0.25) is 4.90 Å². The second kappa shape index (κ2) is 7.40. The van der Waals surface area contributed by atoms with Crippen LogP contribution in [0.15, 0.2) is 28.1 Å². The van der Waals surface area contributed by atoms with Gasteiger partial charge in [-0.15, -0.1) is 23.7 Å². The van der Waals surface area contributed by atoms with Crippen molar-refractivity contribution in [3.63, 3.8) is 0 Å². The molecule has 116 valence electrons. The molecule has 3 heterocycles. The Morgan fingerprint density at radius 3 is 3.14 bits per heavy atom. The Morgan fingerprint density at radius 1 is 1.57 bits per heavy atom. The molecule has 1 aliphatic rings. The van der Waals surface area contributed by atoms with Crippen LogP contribution in [0.1, 0.15) is 25.5 Å². The Kier molecular flexibility index (Phi) is 5.81. The molecule has 6 heteroatoms. The average molecular weight is 328 g/mol. The number of hydrogen-bond donors (Lipinski definition) is 1. The Hall–Kier alpha value is -0.880. The number of likely N-dealkylation sites (tertiary alicyclic amines) is 1. The molecule has 0 bridgehead atoms. The van der Waals surface area contributed by atoms with Crippen LogP contribution in [0.25, 0.3) is 10.6 Å². The van der Waals surface area contributed by atoms with Crippen molar-refractivity contribution in [1.29, 1.82) is 0 Å². The zero-order valence-electron chi connectivity index (χ0n) is 12.2. The summed E-state index contributed by atoms with van der Waals surface area (Å²) in [5, 5.41) is 6.25. The molecule has 1 saturated heterocycles. The highest BCUT2D eigenvalue weighted by Gasteiger charge is 2.23. The number of piperidine rings is 1. The number of nitrogens with zero attached hydrogens (tertiary/aromatic N) is 2. The fraction of sp³-hybridized carbons (Fsp3) is 0.533. The van der Waals surface area contributed by atoms with Gasteiger partial charge in [0.15, 0.2) is 5.76 Å². The van der Waals surface area contributed by atoms with E-state index in [9.17, 15) is 0 Å². The lowest BCUT2D eigenvalue weighted by Gasteiger charge is -2.34. The quantitative estimate of drug-likeness (QED) is 0.935. The van der Waals surface area contributed by atoms with Crippen molar-refractivity contribution < 1.29 is 4.52 Å². The summed E-state index contributed by atoms with van der Waals surface area (Å²) in [7, 11) is 0. The topological polar surface area (TPSA) is 55.3 Å². The predicted molar refractivity (Wildman–Crippen MR) is 88.7 cm³/mol. The smallest absolute Gasteiger partial charge is 0.177 e. The van der Waals surface area contributed by atoms with Gasteiger partial charge in [0, 0.05) is 25.2 Å². The molecular formula is C15H22ClN3OS. The lowest BCUT2D eigenvalue weighted by molar-refractivity contribution is 0.151. The standard InChI is InChI=1S/C15H21N3OS.ClH/c1-11(16)12-4-2-6-18(9-12)10-13-8-14(19-17-13)15-5-3-7-20-15;/h3,5,7-8,11-12H,2,4,6,9-10,16H2,1H3;1H. The highest BCUT2D eigenvalue weighted by molar-refractivity contribution is 7.13. The fourth-order valence-corrected chi connectivity index (χ4v) is 3.49. The summed E-state index contributed by atoms with van der Waals surface area (Å²) >= 11 is 1.68. The van der Waals surface area contributed by atoms with Crippen molar-refractivity contribution in [3.8, 4) is 10.6 Å². The number of halogens is 1. The van der Waals surface area contributed by atoms with Crippen molar-refractivity contribution in [3.05, 3.63) is 29.3 Å². The molecule has 2 aromatic heterocycles. The molecule has 2 unspecified atom stereocenters. The Bertz CT molecular complexity index is 541. The Labute approximate surface area is 135 Å². The van der Waals surface area contributed by atoms with Gasteiger partial charge in [0.05, 0.1) is 10.6 Å². The third kappa shape index (κ3) is 4.07. The van der Waals surface area contributed by atoms with E-state index in [1.807, 2.05) is 6.07 Å². The van der Waals surface area contributed by atoms with E-state index in [0.29, 0.717) is 5.92 Å². The van der Waals surface area contributed by atoms with Crippen LogP contribution in [0.2, 0.25) is 0 Å². The van der Waals surface area contributed by atoms with E-state index in [-0.39, 0.29) is 18.4 Å². The maximum absolute atomic E-state index is 6.03. The van der Waals surface area contributed by atoms with E-state index < -0.39 is 0 Å². The molecule has 4 nitrogen and oxygen atoms in total. The van der Waals surface area contributed by atoms with Crippen LogP contribution in [0, 0.1) is 5.92 Å². The van der Waals surface area contributed by atoms with Crippen LogP contribution in [-0.4, -0.2) is 29.2 Å². The van der Waals surface area contributed by atoms with Crippen LogP contribution in [-0.2, 0) is 6.54 Å². The Balaban J connectivity index is 0.00000161. The first kappa shape index (κ1) is 16.5. The zero-order chi connectivity index (χ0) is 13.9. The molecular weight excluding hydrogens is 306 g/mol. The lowest BCUT2D eigenvalue weighted by Crippen LogP contribution is -2.41. The highest BCUT2D eigenvalue weighted by atomic mass is 35.5. The molecule has 0 radical (unpaired) electrons. The maximum Gasteiger partial charge on any atom is 0.177 e. The summed E-state index contributed by atoms with van der Waals surface area (Å²) < 4.78 is 5.43. The second-order valence-corrected chi connectivity index (χ2v) is 6.60. The average Bonchev–Trinajstić information content (AvgIpc) is 3.09. The fourth-order valence-electron chi connectivity index (χ4n) is 2.81. The SMILES string of the molecule is CC(N)C1CCCN(Cc2cc(-c3cccs3)on2)C1.Cl. The highest BCUT2D eigenvalue weighted by Crippen LogP contribution is 2.26.